The molecule has 6 nitrogen and oxygen atoms in total. The average Bonchev–Trinajstić information content (AvgIpc) is 2.88. The van der Waals surface area contributed by atoms with Crippen molar-refractivity contribution < 1.29 is 4.57 Å². The summed E-state index contributed by atoms with van der Waals surface area (Å²) in [6, 6.07) is 7.55. The fraction of sp³-hybridized carbons (Fsp3) is 0.421. The smallest absolute Gasteiger partial charge is 0.232 e. The number of hydrogen-bond acceptors (Lipinski definition) is 6. The number of aromatic nitrogens is 3. The molecule has 26 heavy (non-hydrogen) atoms. The lowest BCUT2D eigenvalue weighted by molar-refractivity contribution is 0.509. The molecule has 1 saturated carbocycles. The lowest BCUT2D eigenvalue weighted by Gasteiger charge is -2.28. The zero-order valence-electron chi connectivity index (χ0n) is 15.4. The van der Waals surface area contributed by atoms with Crippen molar-refractivity contribution in [2.24, 2.45) is 11.8 Å². The molecule has 0 radical (unpaired) electrons. The third kappa shape index (κ3) is 3.51. The molecule has 2 atom stereocenters. The van der Waals surface area contributed by atoms with E-state index in [1.165, 1.54) is 24.9 Å². The van der Waals surface area contributed by atoms with Crippen LogP contribution in [0, 0.1) is 11.8 Å². The molecule has 7 heteroatoms. The fourth-order valence-corrected chi connectivity index (χ4v) is 4.66. The molecule has 2 aliphatic carbocycles. The van der Waals surface area contributed by atoms with E-state index < -0.39 is 7.14 Å². The minimum atomic E-state index is -2.24. The second-order valence-electron chi connectivity index (χ2n) is 7.73. The van der Waals surface area contributed by atoms with Gasteiger partial charge in [0, 0.05) is 16.7 Å². The molecule has 2 unspecified atom stereocenters. The highest BCUT2D eigenvalue weighted by atomic mass is 31.2. The fourth-order valence-electron chi connectivity index (χ4n) is 3.79. The first-order valence-electron chi connectivity index (χ1n) is 8.99. The van der Waals surface area contributed by atoms with Gasteiger partial charge < -0.3 is 15.2 Å². The monoisotopic (exact) mass is 369 g/mol. The van der Waals surface area contributed by atoms with Crippen molar-refractivity contribution in [2.45, 2.75) is 26.2 Å². The van der Waals surface area contributed by atoms with Gasteiger partial charge in [0.05, 0.1) is 0 Å². The maximum atomic E-state index is 12.1. The van der Waals surface area contributed by atoms with E-state index in [0.717, 1.165) is 29.2 Å². The van der Waals surface area contributed by atoms with Gasteiger partial charge >= 0.3 is 0 Å². The van der Waals surface area contributed by atoms with E-state index in [9.17, 15) is 4.57 Å². The summed E-state index contributed by atoms with van der Waals surface area (Å²) in [5.41, 5.74) is 3.68. The molecule has 0 aliphatic heterocycles. The Balaban J connectivity index is 1.46. The zero-order valence-corrected chi connectivity index (χ0v) is 16.3. The summed E-state index contributed by atoms with van der Waals surface area (Å²) in [4.78, 5) is 12.9. The lowest BCUT2D eigenvalue weighted by Crippen LogP contribution is -2.20. The van der Waals surface area contributed by atoms with Gasteiger partial charge in [0.2, 0.25) is 11.9 Å². The van der Waals surface area contributed by atoms with Crippen LogP contribution >= 0.6 is 7.14 Å². The molecule has 2 aliphatic rings. The quantitative estimate of drug-likeness (QED) is 0.776. The van der Waals surface area contributed by atoms with Crippen LogP contribution in [-0.4, -0.2) is 28.3 Å². The van der Waals surface area contributed by atoms with Crippen molar-refractivity contribution in [3.8, 4) is 0 Å². The third-order valence-electron chi connectivity index (χ3n) is 5.17. The predicted molar refractivity (Wildman–Crippen MR) is 106 cm³/mol. The average molecular weight is 369 g/mol. The Kier molecular flexibility index (Phi) is 4.31. The van der Waals surface area contributed by atoms with Gasteiger partial charge in [0.15, 0.2) is 0 Å². The number of fused-ring (bicyclic) bond motifs is 1. The summed E-state index contributed by atoms with van der Waals surface area (Å²) in [5, 5.41) is 7.40. The topological polar surface area (TPSA) is 79.8 Å². The van der Waals surface area contributed by atoms with Crippen LogP contribution in [0.25, 0.3) is 0 Å². The van der Waals surface area contributed by atoms with Crippen molar-refractivity contribution in [3.63, 3.8) is 0 Å². The highest BCUT2D eigenvalue weighted by Gasteiger charge is 2.37. The van der Waals surface area contributed by atoms with Crippen LogP contribution < -0.4 is 15.9 Å². The molecule has 136 valence electrons. The summed E-state index contributed by atoms with van der Waals surface area (Å²) in [6.07, 6.45) is 5.11. The second kappa shape index (κ2) is 6.51. The zero-order chi connectivity index (χ0) is 18.3. The normalized spacial score (nSPS) is 22.0. The molecule has 2 aromatic rings. The maximum absolute atomic E-state index is 12.1. The standard InChI is InChI=1S/C19H24N5OP/c1-12-8-13-10-17(16(13)9-12)23-19-21-11-20-18(24-19)22-14-4-6-15(7-5-14)26(2,3)25/h4-7,11-13H,8-10H2,1-3H3,(H2,20,21,22,23,24). The first-order valence-corrected chi connectivity index (χ1v) is 11.6. The Morgan fingerprint density at radius 1 is 1.04 bits per heavy atom. The highest BCUT2D eigenvalue weighted by molar-refractivity contribution is 7.70. The van der Waals surface area contributed by atoms with Crippen LogP contribution in [0.1, 0.15) is 26.2 Å². The predicted octanol–water partition coefficient (Wildman–Crippen LogP) is 3.98. The molecule has 1 aromatic heterocycles. The van der Waals surface area contributed by atoms with Crippen LogP contribution in [0.3, 0.4) is 0 Å². The summed E-state index contributed by atoms with van der Waals surface area (Å²) in [5.74, 6) is 2.62. The van der Waals surface area contributed by atoms with Crippen LogP contribution in [0.15, 0.2) is 41.9 Å². The molecule has 0 amide bonds. The van der Waals surface area contributed by atoms with E-state index in [2.05, 4.69) is 32.5 Å². The van der Waals surface area contributed by atoms with Gasteiger partial charge in [-0.15, -0.1) is 0 Å². The Labute approximate surface area is 153 Å². The Bertz CT molecular complexity index is 902. The second-order valence-corrected chi connectivity index (χ2v) is 10.9. The van der Waals surface area contributed by atoms with E-state index in [1.807, 2.05) is 24.3 Å². The number of nitrogens with one attached hydrogen (secondary N) is 2. The summed E-state index contributed by atoms with van der Waals surface area (Å²) < 4.78 is 12.1. The first kappa shape index (κ1) is 17.2. The van der Waals surface area contributed by atoms with Crippen LogP contribution in [0.4, 0.5) is 17.6 Å². The Morgan fingerprint density at radius 3 is 2.38 bits per heavy atom. The number of hydrogen-bond donors (Lipinski definition) is 2. The SMILES string of the molecule is CC1CC2=C(Nc3ncnc(Nc4ccc(P(C)(C)=O)cc4)n3)CC2C1. The number of rotatable bonds is 5. The van der Waals surface area contributed by atoms with Crippen molar-refractivity contribution in [1.29, 1.82) is 0 Å². The van der Waals surface area contributed by atoms with Crippen LogP contribution in [0.2, 0.25) is 0 Å². The van der Waals surface area contributed by atoms with Gasteiger partial charge in [0.1, 0.15) is 13.5 Å². The lowest BCUT2D eigenvalue weighted by atomic mass is 9.84. The highest BCUT2D eigenvalue weighted by Crippen LogP contribution is 2.48. The number of allylic oxidation sites excluding steroid dienone is 2. The third-order valence-corrected chi connectivity index (χ3v) is 6.71. The molecule has 2 N–H and O–H groups in total. The molecule has 0 bridgehead atoms. The number of anilines is 3. The molecule has 4 rings (SSSR count). The van der Waals surface area contributed by atoms with Crippen molar-refractivity contribution in [3.05, 3.63) is 41.9 Å². The summed E-state index contributed by atoms with van der Waals surface area (Å²) >= 11 is 0. The van der Waals surface area contributed by atoms with E-state index in [0.29, 0.717) is 11.9 Å². The van der Waals surface area contributed by atoms with Gasteiger partial charge in [-0.1, -0.05) is 6.92 Å². The maximum Gasteiger partial charge on any atom is 0.232 e. The van der Waals surface area contributed by atoms with E-state index in [4.69, 9.17) is 0 Å². The van der Waals surface area contributed by atoms with Gasteiger partial charge in [-0.2, -0.15) is 4.98 Å². The van der Waals surface area contributed by atoms with Crippen molar-refractivity contribution >= 4 is 30.0 Å². The van der Waals surface area contributed by atoms with Crippen molar-refractivity contribution in [2.75, 3.05) is 24.0 Å². The van der Waals surface area contributed by atoms with Gasteiger partial charge in [-0.25, -0.2) is 9.97 Å². The van der Waals surface area contributed by atoms with E-state index in [-0.39, 0.29) is 0 Å². The molecular formula is C19H24N5OP. The molecule has 1 fully saturated rings. The van der Waals surface area contributed by atoms with E-state index >= 15 is 0 Å². The largest absolute Gasteiger partial charge is 0.328 e. The Morgan fingerprint density at radius 2 is 1.73 bits per heavy atom. The van der Waals surface area contributed by atoms with Crippen LogP contribution in [-0.2, 0) is 4.57 Å². The van der Waals surface area contributed by atoms with Crippen LogP contribution in [0.5, 0.6) is 0 Å². The molecule has 1 aromatic carbocycles. The number of benzene rings is 1. The van der Waals surface area contributed by atoms with Gasteiger partial charge in [-0.05, 0) is 74.3 Å². The summed E-state index contributed by atoms with van der Waals surface area (Å²) in [6.45, 7) is 5.85. The molecule has 0 saturated heterocycles. The van der Waals surface area contributed by atoms with Gasteiger partial charge in [0.25, 0.3) is 0 Å². The number of nitrogens with zero attached hydrogens (tertiary/aromatic N) is 3. The minimum Gasteiger partial charge on any atom is -0.328 e. The van der Waals surface area contributed by atoms with Crippen molar-refractivity contribution in [1.82, 2.24) is 15.0 Å². The molecular weight excluding hydrogens is 345 g/mol. The first-order chi connectivity index (χ1) is 12.4. The minimum absolute atomic E-state index is 0.493. The van der Waals surface area contributed by atoms with E-state index in [1.54, 1.807) is 18.9 Å². The summed E-state index contributed by atoms with van der Waals surface area (Å²) in [7, 11) is -2.24. The molecule has 0 spiro atoms. The van der Waals surface area contributed by atoms with Gasteiger partial charge in [-0.3, -0.25) is 0 Å². The molecule has 1 heterocycles. The Hall–Kier alpha value is -2.20.